The number of likely N-dealkylation sites (tertiary alicyclic amines) is 1. The maximum atomic E-state index is 12.6. The highest BCUT2D eigenvalue weighted by molar-refractivity contribution is 5.38. The quantitative estimate of drug-likeness (QED) is 0.900. The van der Waals surface area contributed by atoms with Crippen LogP contribution >= 0.6 is 0 Å². The number of rotatable bonds is 5. The number of alkyl halides is 3. The minimum atomic E-state index is -4.53. The van der Waals surface area contributed by atoms with Crippen LogP contribution in [0.1, 0.15) is 18.4 Å². The Morgan fingerprint density at radius 3 is 2.09 bits per heavy atom. The third-order valence-corrected chi connectivity index (χ3v) is 4.23. The zero-order valence-electron chi connectivity index (χ0n) is 13.3. The lowest BCUT2D eigenvalue weighted by molar-refractivity contribution is -0.223. The third-order valence-electron chi connectivity index (χ3n) is 4.23. The molecule has 1 heterocycles. The van der Waals surface area contributed by atoms with Crippen molar-refractivity contribution in [2.24, 2.45) is 5.92 Å². The van der Waals surface area contributed by atoms with Crippen molar-refractivity contribution in [1.29, 1.82) is 0 Å². The molecule has 0 aliphatic carbocycles. The Morgan fingerprint density at radius 2 is 1.65 bits per heavy atom. The topological polar surface area (TPSA) is 41.9 Å². The third kappa shape index (κ3) is 4.75. The van der Waals surface area contributed by atoms with Crippen molar-refractivity contribution in [1.82, 2.24) is 4.90 Å². The van der Waals surface area contributed by atoms with E-state index in [0.29, 0.717) is 44.0 Å². The van der Waals surface area contributed by atoms with Gasteiger partial charge in [0.05, 0.1) is 14.2 Å². The molecule has 0 radical (unpaired) electrons. The second kappa shape index (κ2) is 7.40. The molecule has 4 nitrogen and oxygen atoms in total. The highest BCUT2D eigenvalue weighted by atomic mass is 19.4. The molecule has 1 fully saturated rings. The summed E-state index contributed by atoms with van der Waals surface area (Å²) in [5.74, 6) is 0.648. The average molecular weight is 333 g/mol. The molecule has 23 heavy (non-hydrogen) atoms. The molecule has 1 aliphatic heterocycles. The van der Waals surface area contributed by atoms with Gasteiger partial charge in [0.1, 0.15) is 11.5 Å². The molecule has 0 saturated carbocycles. The first-order valence-corrected chi connectivity index (χ1v) is 7.52. The summed E-state index contributed by atoms with van der Waals surface area (Å²) in [5, 5.41) is 9.35. The minimum absolute atomic E-state index is 0.335. The van der Waals surface area contributed by atoms with E-state index in [-0.39, 0.29) is 0 Å². The fourth-order valence-corrected chi connectivity index (χ4v) is 2.91. The summed E-state index contributed by atoms with van der Waals surface area (Å²) in [6, 6.07) is 5.55. The molecule has 1 unspecified atom stereocenters. The van der Waals surface area contributed by atoms with Crippen LogP contribution in [0, 0.1) is 5.92 Å². The molecule has 1 N–H and O–H groups in total. The molecule has 2 rings (SSSR count). The number of halogens is 3. The lowest BCUT2D eigenvalue weighted by Gasteiger charge is -2.34. The Kier molecular flexibility index (Phi) is 5.75. The van der Waals surface area contributed by atoms with Crippen molar-refractivity contribution in [2.45, 2.75) is 31.7 Å². The van der Waals surface area contributed by atoms with Gasteiger partial charge in [-0.05, 0) is 49.5 Å². The van der Waals surface area contributed by atoms with Crippen LogP contribution in [0.15, 0.2) is 18.2 Å². The first-order valence-electron chi connectivity index (χ1n) is 7.52. The van der Waals surface area contributed by atoms with Crippen LogP contribution in [-0.2, 0) is 6.54 Å². The summed E-state index contributed by atoms with van der Waals surface area (Å²) in [4.78, 5) is 2.08. The number of nitrogens with zero attached hydrogens (tertiary/aromatic N) is 1. The fraction of sp³-hybridized carbons (Fsp3) is 0.625. The van der Waals surface area contributed by atoms with Crippen LogP contribution in [0.2, 0.25) is 0 Å². The summed E-state index contributed by atoms with van der Waals surface area (Å²) < 4.78 is 48.1. The zero-order valence-corrected chi connectivity index (χ0v) is 13.3. The zero-order chi connectivity index (χ0) is 17.0. The van der Waals surface area contributed by atoms with Gasteiger partial charge in [0, 0.05) is 12.6 Å². The first-order chi connectivity index (χ1) is 10.8. The number of hydrogen-bond donors (Lipinski definition) is 1. The van der Waals surface area contributed by atoms with Crippen LogP contribution in [0.4, 0.5) is 13.2 Å². The van der Waals surface area contributed by atoms with Gasteiger partial charge in [0.15, 0.2) is 6.10 Å². The van der Waals surface area contributed by atoms with Gasteiger partial charge in [0.2, 0.25) is 0 Å². The van der Waals surface area contributed by atoms with E-state index in [1.807, 2.05) is 12.1 Å². The Morgan fingerprint density at radius 1 is 1.13 bits per heavy atom. The number of aliphatic hydroxyl groups excluding tert-OH is 1. The molecule has 1 aliphatic rings. The van der Waals surface area contributed by atoms with Crippen molar-refractivity contribution >= 4 is 0 Å². The van der Waals surface area contributed by atoms with Gasteiger partial charge in [-0.15, -0.1) is 0 Å². The molecular weight excluding hydrogens is 311 g/mol. The molecule has 1 aromatic rings. The summed E-state index contributed by atoms with van der Waals surface area (Å²) >= 11 is 0. The Labute approximate surface area is 133 Å². The monoisotopic (exact) mass is 333 g/mol. The van der Waals surface area contributed by atoms with E-state index in [1.165, 1.54) is 0 Å². The van der Waals surface area contributed by atoms with Crippen LogP contribution < -0.4 is 9.47 Å². The molecule has 1 atom stereocenters. The van der Waals surface area contributed by atoms with Gasteiger partial charge in [-0.25, -0.2) is 0 Å². The summed E-state index contributed by atoms with van der Waals surface area (Å²) in [6.45, 7) is 1.66. The molecule has 1 saturated heterocycles. The van der Waals surface area contributed by atoms with E-state index < -0.39 is 18.2 Å². The van der Waals surface area contributed by atoms with Crippen molar-refractivity contribution < 1.29 is 27.8 Å². The fourth-order valence-electron chi connectivity index (χ4n) is 2.91. The summed E-state index contributed by atoms with van der Waals surface area (Å²) in [5.41, 5.74) is 0.982. The molecule has 0 spiro atoms. The van der Waals surface area contributed by atoms with Gasteiger partial charge >= 0.3 is 6.18 Å². The Bertz CT molecular complexity index is 492. The number of ether oxygens (including phenoxy) is 2. The van der Waals surface area contributed by atoms with Crippen molar-refractivity contribution in [3.63, 3.8) is 0 Å². The van der Waals surface area contributed by atoms with Crippen molar-refractivity contribution in [2.75, 3.05) is 27.3 Å². The van der Waals surface area contributed by atoms with Gasteiger partial charge < -0.3 is 14.6 Å². The summed E-state index contributed by atoms with van der Waals surface area (Å²) in [7, 11) is 3.14. The number of piperidine rings is 1. The molecule has 0 amide bonds. The van der Waals surface area contributed by atoms with Crippen molar-refractivity contribution in [3.8, 4) is 11.5 Å². The van der Waals surface area contributed by atoms with E-state index in [0.717, 1.165) is 5.56 Å². The highest BCUT2D eigenvalue weighted by Crippen LogP contribution is 2.32. The lowest BCUT2D eigenvalue weighted by Crippen LogP contribution is -2.43. The van der Waals surface area contributed by atoms with Gasteiger partial charge in [0.25, 0.3) is 0 Å². The summed E-state index contributed by atoms with van der Waals surface area (Å²) in [6.07, 6.45) is -6.09. The van der Waals surface area contributed by atoms with Crippen LogP contribution in [-0.4, -0.2) is 49.6 Å². The lowest BCUT2D eigenvalue weighted by atomic mass is 9.90. The highest BCUT2D eigenvalue weighted by Gasteiger charge is 2.44. The number of hydrogen-bond acceptors (Lipinski definition) is 4. The second-order valence-electron chi connectivity index (χ2n) is 5.82. The predicted molar refractivity (Wildman–Crippen MR) is 79.6 cm³/mol. The van der Waals surface area contributed by atoms with E-state index in [2.05, 4.69) is 4.90 Å². The molecule has 1 aromatic carbocycles. The first kappa shape index (κ1) is 17.9. The number of aliphatic hydroxyl groups is 1. The number of methoxy groups -OCH3 is 2. The van der Waals surface area contributed by atoms with Gasteiger partial charge in [-0.1, -0.05) is 0 Å². The molecule has 130 valence electrons. The minimum Gasteiger partial charge on any atom is -0.497 e. The standard InChI is InChI=1S/C16H22F3NO3/c1-22-13-7-11(8-14(9-13)23-2)10-20-5-3-12(4-6-20)15(21)16(17,18)19/h7-9,12,15,21H,3-6,10H2,1-2H3. The molecule has 0 aromatic heterocycles. The normalized spacial score (nSPS) is 18.7. The SMILES string of the molecule is COc1cc(CN2CCC(C(O)C(F)(F)F)CC2)cc(OC)c1. The second-order valence-corrected chi connectivity index (χ2v) is 5.82. The van der Waals surface area contributed by atoms with Crippen molar-refractivity contribution in [3.05, 3.63) is 23.8 Å². The average Bonchev–Trinajstić information content (AvgIpc) is 2.53. The van der Waals surface area contributed by atoms with E-state index in [9.17, 15) is 18.3 Å². The van der Waals surface area contributed by atoms with Gasteiger partial charge in [-0.2, -0.15) is 13.2 Å². The van der Waals surface area contributed by atoms with Crippen LogP contribution in [0.3, 0.4) is 0 Å². The molecule has 0 bridgehead atoms. The predicted octanol–water partition coefficient (Wildman–Crippen LogP) is 2.84. The molecular formula is C16H22F3NO3. The maximum absolute atomic E-state index is 12.6. The van der Waals surface area contributed by atoms with Gasteiger partial charge in [-0.3, -0.25) is 4.90 Å². The van der Waals surface area contributed by atoms with E-state index >= 15 is 0 Å². The molecule has 7 heteroatoms. The Balaban J connectivity index is 1.94. The number of benzene rings is 1. The Hall–Kier alpha value is -1.47. The van der Waals surface area contributed by atoms with Crippen LogP contribution in [0.5, 0.6) is 11.5 Å². The maximum Gasteiger partial charge on any atom is 0.414 e. The van der Waals surface area contributed by atoms with E-state index in [4.69, 9.17) is 9.47 Å². The smallest absolute Gasteiger partial charge is 0.414 e. The van der Waals surface area contributed by atoms with E-state index in [1.54, 1.807) is 20.3 Å². The van der Waals surface area contributed by atoms with Crippen LogP contribution in [0.25, 0.3) is 0 Å². The largest absolute Gasteiger partial charge is 0.497 e.